The van der Waals surface area contributed by atoms with E-state index in [9.17, 15) is 4.79 Å². The molecule has 0 spiro atoms. The van der Waals surface area contributed by atoms with E-state index in [4.69, 9.17) is 5.73 Å². The van der Waals surface area contributed by atoms with Gasteiger partial charge in [0.25, 0.3) is 0 Å². The molecule has 2 heterocycles. The second-order valence-electron chi connectivity index (χ2n) is 6.88. The minimum Gasteiger partial charge on any atom is -0.366 e. The van der Waals surface area contributed by atoms with Gasteiger partial charge in [-0.15, -0.1) is 0 Å². The fourth-order valence-electron chi connectivity index (χ4n) is 3.55. The first-order chi connectivity index (χ1) is 12.0. The predicted octanol–water partition coefficient (Wildman–Crippen LogP) is 2.91. The summed E-state index contributed by atoms with van der Waals surface area (Å²) < 4.78 is 0. The van der Waals surface area contributed by atoms with Crippen molar-refractivity contribution in [3.05, 3.63) is 53.0 Å². The van der Waals surface area contributed by atoms with Gasteiger partial charge in [-0.25, -0.2) is 9.97 Å². The number of aryl methyl sites for hydroxylation is 2. The summed E-state index contributed by atoms with van der Waals surface area (Å²) in [4.78, 5) is 22.9. The first-order valence-electron chi connectivity index (χ1n) is 9.03. The van der Waals surface area contributed by atoms with Crippen LogP contribution in [0.3, 0.4) is 0 Å². The number of nitrogens with two attached hydrogens (primary N) is 1. The number of nitrogens with zero attached hydrogens (tertiary/aromatic N) is 3. The molecule has 1 atom stereocenters. The number of hydrogen-bond donors (Lipinski definition) is 1. The second kappa shape index (κ2) is 7.64. The van der Waals surface area contributed by atoms with Crippen LogP contribution in [0.15, 0.2) is 30.3 Å². The number of benzene rings is 1. The minimum absolute atomic E-state index is 0.366. The van der Waals surface area contributed by atoms with Crippen LogP contribution in [0.25, 0.3) is 0 Å². The van der Waals surface area contributed by atoms with Crippen molar-refractivity contribution in [2.45, 2.75) is 39.5 Å². The SMILES string of the molecule is CCCc1cc(N2CCC(Cc3cccc(C(N)=O)c3)C2)nc(C)n1. The summed E-state index contributed by atoms with van der Waals surface area (Å²) in [7, 11) is 0. The fourth-order valence-corrected chi connectivity index (χ4v) is 3.55. The molecule has 5 nitrogen and oxygen atoms in total. The molecule has 1 amide bonds. The van der Waals surface area contributed by atoms with E-state index in [1.807, 2.05) is 19.1 Å². The number of anilines is 1. The van der Waals surface area contributed by atoms with Gasteiger partial charge in [-0.1, -0.05) is 25.5 Å². The molecule has 2 N–H and O–H groups in total. The quantitative estimate of drug-likeness (QED) is 0.879. The summed E-state index contributed by atoms with van der Waals surface area (Å²) in [6, 6.07) is 9.80. The number of amides is 1. The monoisotopic (exact) mass is 338 g/mol. The molecule has 0 bridgehead atoms. The number of aromatic nitrogens is 2. The van der Waals surface area contributed by atoms with Gasteiger partial charge in [0.1, 0.15) is 11.6 Å². The molecular weight excluding hydrogens is 312 g/mol. The molecule has 1 unspecified atom stereocenters. The lowest BCUT2D eigenvalue weighted by Crippen LogP contribution is -2.22. The normalized spacial score (nSPS) is 17.0. The molecule has 5 heteroatoms. The number of rotatable bonds is 6. The summed E-state index contributed by atoms with van der Waals surface area (Å²) >= 11 is 0. The van der Waals surface area contributed by atoms with Crippen LogP contribution in [0, 0.1) is 12.8 Å². The van der Waals surface area contributed by atoms with Crippen LogP contribution >= 0.6 is 0 Å². The zero-order valence-electron chi connectivity index (χ0n) is 15.0. The van der Waals surface area contributed by atoms with Crippen LogP contribution in [0.5, 0.6) is 0 Å². The summed E-state index contributed by atoms with van der Waals surface area (Å²) in [5, 5.41) is 0. The van der Waals surface area contributed by atoms with E-state index in [2.05, 4.69) is 33.9 Å². The number of hydrogen-bond acceptors (Lipinski definition) is 4. The Hall–Kier alpha value is -2.43. The van der Waals surface area contributed by atoms with Crippen molar-refractivity contribution in [1.29, 1.82) is 0 Å². The Labute approximate surface area is 149 Å². The zero-order chi connectivity index (χ0) is 17.8. The van der Waals surface area contributed by atoms with Crippen LogP contribution in [0.1, 0.15) is 47.2 Å². The second-order valence-corrected chi connectivity index (χ2v) is 6.88. The van der Waals surface area contributed by atoms with E-state index in [0.29, 0.717) is 11.5 Å². The molecule has 2 aromatic rings. The van der Waals surface area contributed by atoms with Crippen molar-refractivity contribution in [3.63, 3.8) is 0 Å². The van der Waals surface area contributed by atoms with Crippen molar-refractivity contribution in [2.24, 2.45) is 11.7 Å². The topological polar surface area (TPSA) is 72.1 Å². The van der Waals surface area contributed by atoms with Crippen molar-refractivity contribution in [1.82, 2.24) is 9.97 Å². The molecule has 0 saturated carbocycles. The van der Waals surface area contributed by atoms with E-state index >= 15 is 0 Å². The molecule has 1 aliphatic heterocycles. The molecule has 1 saturated heterocycles. The molecule has 1 aliphatic rings. The lowest BCUT2D eigenvalue weighted by molar-refractivity contribution is 0.1000. The Morgan fingerprint density at radius 3 is 2.92 bits per heavy atom. The van der Waals surface area contributed by atoms with Crippen molar-refractivity contribution < 1.29 is 4.79 Å². The summed E-state index contributed by atoms with van der Waals surface area (Å²) in [5.74, 6) is 2.09. The van der Waals surface area contributed by atoms with Gasteiger partial charge < -0.3 is 10.6 Å². The van der Waals surface area contributed by atoms with Gasteiger partial charge in [-0.3, -0.25) is 4.79 Å². The maximum Gasteiger partial charge on any atom is 0.248 e. The maximum absolute atomic E-state index is 11.3. The fraction of sp³-hybridized carbons (Fsp3) is 0.450. The highest BCUT2D eigenvalue weighted by atomic mass is 16.1. The zero-order valence-corrected chi connectivity index (χ0v) is 15.0. The van der Waals surface area contributed by atoms with E-state index in [1.165, 1.54) is 5.56 Å². The molecule has 0 aliphatic carbocycles. The molecule has 3 rings (SSSR count). The van der Waals surface area contributed by atoms with E-state index < -0.39 is 0 Å². The third-order valence-corrected chi connectivity index (χ3v) is 4.73. The Bertz CT molecular complexity index is 759. The van der Waals surface area contributed by atoms with E-state index in [0.717, 1.165) is 56.1 Å². The standard InChI is InChI=1S/C20H26N4O/c1-3-5-18-12-19(23-14(2)22-18)24-9-8-16(13-24)10-15-6-4-7-17(11-15)20(21)25/h4,6-7,11-12,16H,3,5,8-10,13H2,1-2H3,(H2,21,25). The van der Waals surface area contributed by atoms with Gasteiger partial charge in [0.2, 0.25) is 5.91 Å². The van der Waals surface area contributed by atoms with Crippen LogP contribution < -0.4 is 10.6 Å². The third kappa shape index (κ3) is 4.35. The van der Waals surface area contributed by atoms with Gasteiger partial charge in [0, 0.05) is 30.4 Å². The average molecular weight is 338 g/mol. The maximum atomic E-state index is 11.3. The number of primary amides is 1. The van der Waals surface area contributed by atoms with E-state index in [-0.39, 0.29) is 5.91 Å². The van der Waals surface area contributed by atoms with Gasteiger partial charge in [0.15, 0.2) is 0 Å². The highest BCUT2D eigenvalue weighted by Gasteiger charge is 2.24. The van der Waals surface area contributed by atoms with Gasteiger partial charge >= 0.3 is 0 Å². The smallest absolute Gasteiger partial charge is 0.248 e. The molecule has 132 valence electrons. The van der Waals surface area contributed by atoms with Crippen LogP contribution in [-0.4, -0.2) is 29.0 Å². The lowest BCUT2D eigenvalue weighted by Gasteiger charge is -2.19. The minimum atomic E-state index is -0.366. The molecule has 1 fully saturated rings. The first-order valence-corrected chi connectivity index (χ1v) is 9.03. The average Bonchev–Trinajstić information content (AvgIpc) is 3.03. The molecule has 25 heavy (non-hydrogen) atoms. The number of carbonyl (C=O) groups excluding carboxylic acids is 1. The van der Waals surface area contributed by atoms with Gasteiger partial charge in [-0.05, 0) is 49.8 Å². The molecular formula is C20H26N4O. The van der Waals surface area contributed by atoms with E-state index in [1.54, 1.807) is 6.07 Å². The first kappa shape index (κ1) is 17.4. The van der Waals surface area contributed by atoms with Crippen molar-refractivity contribution in [2.75, 3.05) is 18.0 Å². The summed E-state index contributed by atoms with van der Waals surface area (Å²) in [5.41, 5.74) is 8.27. The van der Waals surface area contributed by atoms with Gasteiger partial charge in [-0.2, -0.15) is 0 Å². The summed E-state index contributed by atoms with van der Waals surface area (Å²) in [6.07, 6.45) is 4.18. The molecule has 0 radical (unpaired) electrons. The Morgan fingerprint density at radius 2 is 2.16 bits per heavy atom. The van der Waals surface area contributed by atoms with Gasteiger partial charge in [0.05, 0.1) is 0 Å². The van der Waals surface area contributed by atoms with Crippen LogP contribution in [0.2, 0.25) is 0 Å². The van der Waals surface area contributed by atoms with Crippen LogP contribution in [0.4, 0.5) is 5.82 Å². The Balaban J connectivity index is 1.68. The highest BCUT2D eigenvalue weighted by Crippen LogP contribution is 2.26. The van der Waals surface area contributed by atoms with Crippen molar-refractivity contribution in [3.8, 4) is 0 Å². The van der Waals surface area contributed by atoms with Crippen LogP contribution in [-0.2, 0) is 12.8 Å². The summed E-state index contributed by atoms with van der Waals surface area (Å²) in [6.45, 7) is 6.14. The molecule has 1 aromatic heterocycles. The highest BCUT2D eigenvalue weighted by molar-refractivity contribution is 5.92. The largest absolute Gasteiger partial charge is 0.366 e. The number of carbonyl (C=O) groups is 1. The van der Waals surface area contributed by atoms with Crippen molar-refractivity contribution >= 4 is 11.7 Å². The third-order valence-electron chi connectivity index (χ3n) is 4.73. The lowest BCUT2D eigenvalue weighted by atomic mass is 9.97. The Kier molecular flexibility index (Phi) is 5.31. The Morgan fingerprint density at radius 1 is 1.32 bits per heavy atom. The predicted molar refractivity (Wildman–Crippen MR) is 99.7 cm³/mol. The molecule has 1 aromatic carbocycles.